The van der Waals surface area contributed by atoms with E-state index in [1.807, 2.05) is 13.7 Å². The minimum atomic E-state index is -0.750. The van der Waals surface area contributed by atoms with Crippen molar-refractivity contribution in [3.8, 4) is 0 Å². The van der Waals surface area contributed by atoms with E-state index >= 15 is 0 Å². The first-order valence-electron chi connectivity index (χ1n) is 15.6. The number of carbonyl (C=O) groups excluding carboxylic acids is 3. The van der Waals surface area contributed by atoms with Crippen LogP contribution in [0.15, 0.2) is 36.4 Å². The van der Waals surface area contributed by atoms with E-state index < -0.39 is 44.2 Å². The van der Waals surface area contributed by atoms with Gasteiger partial charge in [-0.3, -0.25) is 20.2 Å². The number of aliphatic hydroxyl groups is 2. The van der Waals surface area contributed by atoms with Gasteiger partial charge in [-0.1, -0.05) is 46.8 Å². The zero-order valence-corrected chi connectivity index (χ0v) is 35.9. The summed E-state index contributed by atoms with van der Waals surface area (Å²) in [6.45, 7) is 27.2. The van der Waals surface area contributed by atoms with Gasteiger partial charge >= 0.3 is 63.3 Å². The van der Waals surface area contributed by atoms with Crippen molar-refractivity contribution in [1.29, 1.82) is 0 Å². The molecule has 2 aromatic rings. The van der Waals surface area contributed by atoms with Gasteiger partial charge in [-0.15, -0.1) is 5.60 Å². The molecule has 1 unspecified atom stereocenters. The molecule has 14 nitrogen and oxygen atoms in total. The number of benzene rings is 2. The number of rotatable bonds is 7. The minimum Gasteiger partial charge on any atom is -0.850 e. The number of nitro benzene ring substituents is 2. The van der Waals surface area contributed by atoms with E-state index in [0.717, 1.165) is 0 Å². The number of nitro groups is 2. The normalized spacial score (nSPS) is 11.4. The molecule has 0 aliphatic carbocycles. The van der Waals surface area contributed by atoms with Gasteiger partial charge in [0.1, 0.15) is 18.0 Å². The van der Waals surface area contributed by atoms with E-state index in [1.54, 1.807) is 95.2 Å². The summed E-state index contributed by atoms with van der Waals surface area (Å²) in [5, 5.41) is 49.6. The fourth-order valence-electron chi connectivity index (χ4n) is 3.18. The number of carbonyl (C=O) groups is 3. The standard InChI is InChI=1S/C14H19NO5.C13H17NO4.2C4H9O.CH2O.K/c1-9(8-16)11-6-5-10(7-12(11)15(18)19)13(17)20-14(2,3)4;1-5-9-6-7-10(8-11(9)14(16)17)12(15)18-13(2,3)4;2*1-4(2,3)5;1-2;/h5-7,9,16H,8H2,1-4H3;6-8H,5H2,1-4H3;1-3H3;5H,1H2,2-3H3;1H2;/q;;-1;+1;;+1. The van der Waals surface area contributed by atoms with Gasteiger partial charge in [-0.05, 0) is 60.1 Å². The van der Waals surface area contributed by atoms with Gasteiger partial charge in [-0.25, -0.2) is 9.59 Å². The summed E-state index contributed by atoms with van der Waals surface area (Å²) in [5.41, 5.74) is -1.68. The Bertz CT molecular complexity index is 1360. The SMILES string of the molecule is C=O.CC(C)(C)[O-].CC(CO)c1ccc(C(=O)OC(C)(C)C)cc1[N+](=O)[O-].CCc1ccc(C(=O)OC(C)(C)C)cc1[N+](=O)[O-].[CH2+]C(C)(C)O.[K+]. The zero-order chi connectivity index (χ0) is 40.4. The summed E-state index contributed by atoms with van der Waals surface area (Å²) in [7, 11) is 0. The van der Waals surface area contributed by atoms with Crippen molar-refractivity contribution in [2.75, 3.05) is 6.61 Å². The second-order valence-corrected chi connectivity index (χ2v) is 14.5. The van der Waals surface area contributed by atoms with E-state index in [0.29, 0.717) is 17.5 Å². The molecule has 0 spiro atoms. The molecule has 0 saturated carbocycles. The first-order chi connectivity index (χ1) is 22.4. The molecule has 15 heteroatoms. The van der Waals surface area contributed by atoms with Crippen LogP contribution in [0.5, 0.6) is 0 Å². The quantitative estimate of drug-likeness (QED) is 0.137. The van der Waals surface area contributed by atoms with Gasteiger partial charge in [0.15, 0.2) is 5.60 Å². The predicted octanol–water partition coefficient (Wildman–Crippen LogP) is 3.31. The average Bonchev–Trinajstić information content (AvgIpc) is 2.93. The monoisotopic (exact) mass is 747 g/mol. The Kier molecular flexibility index (Phi) is 26.4. The summed E-state index contributed by atoms with van der Waals surface area (Å²) < 4.78 is 10.3. The molecule has 0 radical (unpaired) electrons. The van der Waals surface area contributed by atoms with Gasteiger partial charge in [-0.2, -0.15) is 0 Å². The average molecular weight is 748 g/mol. The first-order valence-corrected chi connectivity index (χ1v) is 15.6. The Hall–Kier alpha value is -2.76. The topological polar surface area (TPSA) is 219 Å². The van der Waals surface area contributed by atoms with Crippen molar-refractivity contribution in [1.82, 2.24) is 0 Å². The molecular weight excluding hydrogens is 691 g/mol. The van der Waals surface area contributed by atoms with Crippen LogP contribution in [0.2, 0.25) is 0 Å². The van der Waals surface area contributed by atoms with Crippen LogP contribution in [0.3, 0.4) is 0 Å². The summed E-state index contributed by atoms with van der Waals surface area (Å²) in [4.78, 5) is 52.6. The maximum atomic E-state index is 11.9. The first kappa shape index (κ1) is 55.0. The molecule has 0 bridgehead atoms. The van der Waals surface area contributed by atoms with Crippen molar-refractivity contribution in [2.45, 2.75) is 125 Å². The molecule has 0 aliphatic rings. The zero-order valence-electron chi connectivity index (χ0n) is 32.7. The second kappa shape index (κ2) is 24.5. The number of hydrogen-bond donors (Lipinski definition) is 2. The fraction of sp³-hybridized carbons (Fsp3) is 0.556. The molecule has 51 heavy (non-hydrogen) atoms. The number of nitrogens with zero attached hydrogens (tertiary/aromatic N) is 2. The fourth-order valence-corrected chi connectivity index (χ4v) is 3.18. The van der Waals surface area contributed by atoms with E-state index in [4.69, 9.17) is 24.5 Å². The maximum absolute atomic E-state index is 11.9. The molecular formula is C36H56KN2O12+. The molecule has 282 valence electrons. The van der Waals surface area contributed by atoms with Crippen molar-refractivity contribution >= 4 is 30.1 Å². The summed E-state index contributed by atoms with van der Waals surface area (Å²) >= 11 is 0. The van der Waals surface area contributed by atoms with Crippen LogP contribution in [0, 0.1) is 27.2 Å². The number of aliphatic hydroxyl groups excluding tert-OH is 1. The van der Waals surface area contributed by atoms with Gasteiger partial charge in [0, 0.05) is 49.6 Å². The smallest absolute Gasteiger partial charge is 0.850 e. The van der Waals surface area contributed by atoms with Gasteiger partial charge in [0.25, 0.3) is 11.4 Å². The second-order valence-electron chi connectivity index (χ2n) is 14.5. The van der Waals surface area contributed by atoms with E-state index in [9.17, 15) is 34.9 Å². The van der Waals surface area contributed by atoms with Crippen molar-refractivity contribution in [3.05, 3.63) is 85.8 Å². The molecule has 0 aromatic heterocycles. The van der Waals surface area contributed by atoms with E-state index in [2.05, 4.69) is 6.92 Å². The molecule has 0 heterocycles. The van der Waals surface area contributed by atoms with Crippen LogP contribution < -0.4 is 56.5 Å². The largest absolute Gasteiger partial charge is 1.00 e. The molecule has 0 fully saturated rings. The third-order valence-electron chi connectivity index (χ3n) is 4.96. The summed E-state index contributed by atoms with van der Waals surface area (Å²) in [6, 6.07) is 8.57. The van der Waals surface area contributed by atoms with Crippen LogP contribution in [0.4, 0.5) is 11.4 Å². The molecule has 2 rings (SSSR count). The number of esters is 2. The molecule has 2 N–H and O–H groups in total. The number of hydrogen-bond acceptors (Lipinski definition) is 12. The van der Waals surface area contributed by atoms with Gasteiger partial charge in [0.2, 0.25) is 0 Å². The predicted molar refractivity (Wildman–Crippen MR) is 190 cm³/mol. The number of ether oxygens (including phenoxy) is 2. The Balaban J connectivity index is -0.000000325. The maximum Gasteiger partial charge on any atom is 1.00 e. The van der Waals surface area contributed by atoms with Gasteiger partial charge in [0.05, 0.1) is 27.9 Å². The number of aryl methyl sites for hydroxylation is 1. The Morgan fingerprint density at radius 2 is 1.12 bits per heavy atom. The third-order valence-corrected chi connectivity index (χ3v) is 4.96. The van der Waals surface area contributed by atoms with Crippen molar-refractivity contribution < 1.29 is 100 Å². The molecule has 0 saturated heterocycles. The van der Waals surface area contributed by atoms with Crippen LogP contribution >= 0.6 is 0 Å². The molecule has 0 amide bonds. The summed E-state index contributed by atoms with van der Waals surface area (Å²) in [5.74, 6) is -1.53. The Labute approximate surface area is 345 Å². The van der Waals surface area contributed by atoms with Crippen molar-refractivity contribution in [3.63, 3.8) is 0 Å². The Morgan fingerprint density at radius 1 is 0.804 bits per heavy atom. The van der Waals surface area contributed by atoms with Crippen LogP contribution in [-0.4, -0.2) is 67.8 Å². The van der Waals surface area contributed by atoms with Gasteiger partial charge < -0.3 is 29.6 Å². The Morgan fingerprint density at radius 3 is 1.39 bits per heavy atom. The molecule has 2 aromatic carbocycles. The van der Waals surface area contributed by atoms with Crippen LogP contribution in [0.1, 0.15) is 128 Å². The van der Waals surface area contributed by atoms with Crippen LogP contribution in [0.25, 0.3) is 0 Å². The molecule has 0 aliphatic heterocycles. The van der Waals surface area contributed by atoms with E-state index in [-0.39, 0.29) is 86.4 Å². The molecule has 1 atom stereocenters. The summed E-state index contributed by atoms with van der Waals surface area (Å²) in [6.07, 6.45) is 0.547. The van der Waals surface area contributed by atoms with Crippen molar-refractivity contribution in [2.24, 2.45) is 0 Å². The van der Waals surface area contributed by atoms with Crippen LogP contribution in [-0.2, 0) is 20.7 Å². The third kappa shape index (κ3) is 29.5. The van der Waals surface area contributed by atoms with E-state index in [1.165, 1.54) is 24.3 Å². The minimum absolute atomic E-state index is 0.